The highest BCUT2D eigenvalue weighted by Crippen LogP contribution is 2.37. The van der Waals surface area contributed by atoms with Gasteiger partial charge in [-0.2, -0.15) is 31.6 Å². The lowest BCUT2D eigenvalue weighted by Gasteiger charge is -2.13. The minimum absolute atomic E-state index is 0.0541. The molecule has 0 amide bonds. The molecule has 4 rings (SSSR count). The Bertz CT molecular complexity index is 1430. The van der Waals surface area contributed by atoms with Crippen molar-refractivity contribution in [2.24, 2.45) is 0 Å². The van der Waals surface area contributed by atoms with Gasteiger partial charge in [0.05, 0.1) is 11.1 Å². The number of aromatic nitrogens is 3. The van der Waals surface area contributed by atoms with Gasteiger partial charge in [0.2, 0.25) is 0 Å². The molecule has 0 atom stereocenters. The Hall–Kier alpha value is -4.59. The highest BCUT2D eigenvalue weighted by Gasteiger charge is 2.36. The van der Waals surface area contributed by atoms with E-state index in [4.69, 9.17) is 4.74 Å². The summed E-state index contributed by atoms with van der Waals surface area (Å²) in [5.74, 6) is 0.352. The zero-order valence-electron chi connectivity index (χ0n) is 18.7. The Morgan fingerprint density at radius 2 is 1.49 bits per heavy atom. The molecule has 0 fully saturated rings. The Morgan fingerprint density at radius 3 is 2.11 bits per heavy atom. The topological polar surface area (TPSA) is 74.6 Å². The molecule has 1 aromatic heterocycles. The molecule has 1 heterocycles. The highest BCUT2D eigenvalue weighted by molar-refractivity contribution is 5.77. The molecule has 0 aliphatic carbocycles. The predicted octanol–water partition coefficient (Wildman–Crippen LogP) is 7.13. The van der Waals surface area contributed by atoms with E-state index in [-0.39, 0.29) is 29.6 Å². The first-order valence-electron chi connectivity index (χ1n) is 10.6. The normalized spacial score (nSPS) is 12.0. The fourth-order valence-electron chi connectivity index (χ4n) is 3.46. The van der Waals surface area contributed by atoms with Gasteiger partial charge in [0.1, 0.15) is 24.1 Å². The number of ether oxygens (including phenoxy) is 1. The van der Waals surface area contributed by atoms with Crippen LogP contribution in [0.5, 0.6) is 5.75 Å². The lowest BCUT2D eigenvalue weighted by atomic mass is 10.0. The van der Waals surface area contributed by atoms with E-state index < -0.39 is 23.5 Å². The molecule has 5 nitrogen and oxygen atoms in total. The molecule has 188 valence electrons. The molecule has 0 bridgehead atoms. The molecule has 11 heteroatoms. The molecule has 37 heavy (non-hydrogen) atoms. The van der Waals surface area contributed by atoms with Gasteiger partial charge in [-0.3, -0.25) is 0 Å². The molecule has 3 aromatic carbocycles. The maximum Gasteiger partial charge on any atom is 0.416 e. The lowest BCUT2D eigenvalue weighted by molar-refractivity contribution is -0.143. The number of nitrogens with one attached hydrogen (secondary N) is 1. The number of hydrogen-bond acceptors (Lipinski definition) is 4. The number of nitrogens with zero attached hydrogens (tertiary/aromatic N) is 3. The molecule has 0 radical (unpaired) electrons. The molecule has 0 aliphatic rings. The molecule has 0 unspecified atom stereocenters. The van der Waals surface area contributed by atoms with Crippen molar-refractivity contribution in [2.75, 3.05) is 0 Å². The van der Waals surface area contributed by atoms with Gasteiger partial charge in [-0.25, -0.2) is 5.10 Å². The summed E-state index contributed by atoms with van der Waals surface area (Å²) in [5.41, 5.74) is -1.21. The molecular formula is C26H16F6N4O. The summed E-state index contributed by atoms with van der Waals surface area (Å²) >= 11 is 0. The summed E-state index contributed by atoms with van der Waals surface area (Å²) < 4.78 is 84.9. The molecule has 0 aliphatic heterocycles. The van der Waals surface area contributed by atoms with Crippen LogP contribution >= 0.6 is 0 Å². The molecule has 0 spiro atoms. The smallest absolute Gasteiger partial charge is 0.416 e. The van der Waals surface area contributed by atoms with E-state index in [1.807, 2.05) is 36.4 Å². The third-order valence-electron chi connectivity index (χ3n) is 5.23. The van der Waals surface area contributed by atoms with Gasteiger partial charge in [0.15, 0.2) is 5.69 Å². The van der Waals surface area contributed by atoms with Crippen LogP contribution in [0.4, 0.5) is 26.3 Å². The molecule has 4 aromatic rings. The van der Waals surface area contributed by atoms with Crippen LogP contribution in [-0.4, -0.2) is 15.4 Å². The average Bonchev–Trinajstić information content (AvgIpc) is 3.35. The highest BCUT2D eigenvalue weighted by atomic mass is 19.4. The second-order valence-electron chi connectivity index (χ2n) is 7.85. The molecule has 0 saturated carbocycles. The van der Waals surface area contributed by atoms with E-state index in [9.17, 15) is 31.6 Å². The number of benzene rings is 3. The first kappa shape index (κ1) is 25.5. The van der Waals surface area contributed by atoms with Crippen molar-refractivity contribution < 1.29 is 31.1 Å². The zero-order valence-corrected chi connectivity index (χ0v) is 18.7. The van der Waals surface area contributed by atoms with Gasteiger partial charge in [-0.05, 0) is 47.0 Å². The third kappa shape index (κ3) is 6.16. The molecular weight excluding hydrogens is 498 g/mol. The Kier molecular flexibility index (Phi) is 7.02. The maximum absolute atomic E-state index is 13.2. The lowest BCUT2D eigenvalue weighted by Crippen LogP contribution is -2.11. The van der Waals surface area contributed by atoms with E-state index in [0.29, 0.717) is 29.0 Å². The molecule has 1 N–H and O–H groups in total. The van der Waals surface area contributed by atoms with Crippen molar-refractivity contribution in [1.29, 1.82) is 5.26 Å². The zero-order chi connectivity index (χ0) is 26.6. The van der Waals surface area contributed by atoms with Crippen LogP contribution in [0.25, 0.3) is 23.4 Å². The number of H-pyrrole nitrogens is 1. The predicted molar refractivity (Wildman–Crippen MR) is 123 cm³/mol. The summed E-state index contributed by atoms with van der Waals surface area (Å²) in [5, 5.41) is 19.4. The van der Waals surface area contributed by atoms with Gasteiger partial charge in [0.25, 0.3) is 0 Å². The van der Waals surface area contributed by atoms with Gasteiger partial charge < -0.3 is 4.74 Å². The third-order valence-corrected chi connectivity index (χ3v) is 5.23. The Morgan fingerprint density at radius 1 is 0.838 bits per heavy atom. The minimum Gasteiger partial charge on any atom is -0.488 e. The summed E-state index contributed by atoms with van der Waals surface area (Å²) in [4.78, 5) is 0. The average molecular weight is 514 g/mol. The van der Waals surface area contributed by atoms with E-state index in [1.54, 1.807) is 18.2 Å². The van der Waals surface area contributed by atoms with Gasteiger partial charge in [-0.15, -0.1) is 5.10 Å². The number of nitriles is 1. The first-order chi connectivity index (χ1) is 17.5. The van der Waals surface area contributed by atoms with Crippen LogP contribution in [-0.2, 0) is 19.0 Å². The minimum atomic E-state index is -4.95. The summed E-state index contributed by atoms with van der Waals surface area (Å²) in [6.45, 7) is 0.202. The van der Waals surface area contributed by atoms with Crippen molar-refractivity contribution in [3.05, 3.63) is 100 Å². The number of hydrogen-bond donors (Lipinski definition) is 1. The quantitative estimate of drug-likeness (QED) is 0.219. The second-order valence-corrected chi connectivity index (χ2v) is 7.85. The number of alkyl halides is 6. The second kappa shape index (κ2) is 10.2. The van der Waals surface area contributed by atoms with E-state index in [0.717, 1.165) is 11.6 Å². The van der Waals surface area contributed by atoms with E-state index >= 15 is 0 Å². The maximum atomic E-state index is 13.2. The summed E-state index contributed by atoms with van der Waals surface area (Å²) in [6.07, 6.45) is -7.40. The fourth-order valence-corrected chi connectivity index (χ4v) is 3.46. The summed E-state index contributed by atoms with van der Waals surface area (Å²) in [7, 11) is 0. The fraction of sp³-hybridized carbons (Fsp3) is 0.115. The van der Waals surface area contributed by atoms with Crippen molar-refractivity contribution in [2.45, 2.75) is 19.0 Å². The number of halogens is 6. The van der Waals surface area contributed by atoms with Gasteiger partial charge in [0, 0.05) is 5.56 Å². The van der Waals surface area contributed by atoms with Gasteiger partial charge >= 0.3 is 12.4 Å². The van der Waals surface area contributed by atoms with Crippen LogP contribution in [0.3, 0.4) is 0 Å². The van der Waals surface area contributed by atoms with Crippen LogP contribution in [0.1, 0.15) is 33.5 Å². The Labute approximate surface area is 206 Å². The Balaban J connectivity index is 1.71. The van der Waals surface area contributed by atoms with Crippen LogP contribution in [0.15, 0.2) is 66.7 Å². The van der Waals surface area contributed by atoms with Crippen molar-refractivity contribution >= 4 is 12.2 Å². The summed E-state index contributed by atoms with van der Waals surface area (Å²) in [6, 6.07) is 17.2. The number of rotatable bonds is 6. The largest absolute Gasteiger partial charge is 0.488 e. The van der Waals surface area contributed by atoms with E-state index in [1.165, 1.54) is 6.08 Å². The number of aromatic amines is 1. The van der Waals surface area contributed by atoms with Crippen LogP contribution in [0, 0.1) is 11.3 Å². The van der Waals surface area contributed by atoms with Crippen molar-refractivity contribution in [3.8, 4) is 23.1 Å². The van der Waals surface area contributed by atoms with Crippen molar-refractivity contribution in [1.82, 2.24) is 15.4 Å². The van der Waals surface area contributed by atoms with Gasteiger partial charge in [-0.1, -0.05) is 53.8 Å². The van der Waals surface area contributed by atoms with Crippen molar-refractivity contribution in [3.63, 3.8) is 0 Å². The van der Waals surface area contributed by atoms with Crippen LogP contribution < -0.4 is 4.74 Å². The standard InChI is InChI=1S/C26H16F6N4O/c27-25(28,29)19-10-18(11-20(13-19)26(30,31)32)7-6-16-8-9-23(37-15-17-4-2-1-3-5-17)21(12-16)24-22(14-33)34-36-35-24/h1-13H,15H2,(H,34,35,36)/b7-6+. The van der Waals surface area contributed by atoms with Crippen LogP contribution in [0.2, 0.25) is 0 Å². The molecule has 0 saturated heterocycles. The van der Waals surface area contributed by atoms with E-state index in [2.05, 4.69) is 15.4 Å². The SMILES string of the molecule is N#Cc1[nH]nnc1-c1cc(/C=C/c2cc(C(F)(F)F)cc(C(F)(F)F)c2)ccc1OCc1ccccc1. The first-order valence-corrected chi connectivity index (χ1v) is 10.6. The monoisotopic (exact) mass is 514 g/mol.